The minimum Gasteiger partial charge on any atom is -0.294 e. The Labute approximate surface area is 114 Å². The number of Topliss-reactive ketones (excluding diaryl/α,β-unsaturated/α-hetero) is 1. The Morgan fingerprint density at radius 3 is 2.65 bits per heavy atom. The fraction of sp³-hybridized carbons (Fsp3) is 0.214. The molecular weight excluding hydrogens is 296 g/mol. The molecule has 88 valence electrons. The Morgan fingerprint density at radius 1 is 1.29 bits per heavy atom. The maximum Gasteiger partial charge on any atom is 0.168 e. The first-order chi connectivity index (χ1) is 8.06. The third-order valence-corrected chi connectivity index (χ3v) is 4.34. The molecule has 0 fully saturated rings. The highest BCUT2D eigenvalue weighted by Gasteiger charge is 2.11. The number of aryl methyl sites for hydroxylation is 2. The van der Waals surface area contributed by atoms with Crippen LogP contribution < -0.4 is 0 Å². The summed E-state index contributed by atoms with van der Waals surface area (Å²) in [6.45, 7) is 4.03. The van der Waals surface area contributed by atoms with Gasteiger partial charge < -0.3 is 0 Å². The predicted molar refractivity (Wildman–Crippen MR) is 76.0 cm³/mol. The molecule has 0 aliphatic carbocycles. The zero-order chi connectivity index (χ0) is 12.4. The molecule has 3 heteroatoms. The van der Waals surface area contributed by atoms with Crippen LogP contribution >= 0.6 is 27.3 Å². The summed E-state index contributed by atoms with van der Waals surface area (Å²) < 4.78 is 1.05. The van der Waals surface area contributed by atoms with E-state index in [2.05, 4.69) is 22.0 Å². The second kappa shape index (κ2) is 5.15. The van der Waals surface area contributed by atoms with Crippen LogP contribution in [0.25, 0.3) is 0 Å². The molecule has 0 aliphatic heterocycles. The average Bonchev–Trinajstić information content (AvgIpc) is 2.63. The number of benzene rings is 1. The summed E-state index contributed by atoms with van der Waals surface area (Å²) in [4.78, 5) is 13.2. The van der Waals surface area contributed by atoms with Crippen LogP contribution in [-0.4, -0.2) is 5.78 Å². The van der Waals surface area contributed by atoms with Gasteiger partial charge in [0, 0.05) is 26.7 Å². The van der Waals surface area contributed by atoms with Gasteiger partial charge in [0.2, 0.25) is 0 Å². The van der Waals surface area contributed by atoms with Gasteiger partial charge in [0.15, 0.2) is 5.78 Å². The van der Waals surface area contributed by atoms with Crippen molar-refractivity contribution in [2.24, 2.45) is 0 Å². The maximum atomic E-state index is 12.1. The van der Waals surface area contributed by atoms with Crippen LogP contribution in [0.3, 0.4) is 0 Å². The Bertz CT molecular complexity index is 557. The summed E-state index contributed by atoms with van der Waals surface area (Å²) in [6.07, 6.45) is 0.486. The standard InChI is InChI=1S/C14H13BrOS/c1-9-3-4-13(10(2)5-9)14(16)7-12-6-11(15)8-17-12/h3-6,8H,7H2,1-2H3. The predicted octanol–water partition coefficient (Wildman–Crippen LogP) is 4.55. The summed E-state index contributed by atoms with van der Waals surface area (Å²) in [7, 11) is 0. The van der Waals surface area contributed by atoms with E-state index in [1.165, 1.54) is 5.56 Å². The first-order valence-corrected chi connectivity index (χ1v) is 7.07. The lowest BCUT2D eigenvalue weighted by Crippen LogP contribution is -2.04. The molecule has 0 spiro atoms. The van der Waals surface area contributed by atoms with Crippen LogP contribution in [0, 0.1) is 13.8 Å². The molecule has 0 saturated heterocycles. The number of carbonyl (C=O) groups is 1. The lowest BCUT2D eigenvalue weighted by molar-refractivity contribution is 0.0993. The van der Waals surface area contributed by atoms with E-state index in [-0.39, 0.29) is 5.78 Å². The lowest BCUT2D eigenvalue weighted by atomic mass is 10.0. The first kappa shape index (κ1) is 12.5. The van der Waals surface area contributed by atoms with E-state index in [1.54, 1.807) is 11.3 Å². The minimum absolute atomic E-state index is 0.192. The van der Waals surface area contributed by atoms with Crippen molar-refractivity contribution in [3.8, 4) is 0 Å². The van der Waals surface area contributed by atoms with E-state index < -0.39 is 0 Å². The van der Waals surface area contributed by atoms with Crippen LogP contribution in [-0.2, 0) is 6.42 Å². The van der Waals surface area contributed by atoms with Gasteiger partial charge in [-0.25, -0.2) is 0 Å². The number of halogens is 1. The molecule has 1 aromatic carbocycles. The van der Waals surface area contributed by atoms with Gasteiger partial charge in [-0.15, -0.1) is 11.3 Å². The molecule has 0 bridgehead atoms. The largest absolute Gasteiger partial charge is 0.294 e. The van der Waals surface area contributed by atoms with Gasteiger partial charge >= 0.3 is 0 Å². The van der Waals surface area contributed by atoms with Gasteiger partial charge in [-0.1, -0.05) is 23.8 Å². The average molecular weight is 309 g/mol. The molecule has 0 radical (unpaired) electrons. The third-order valence-electron chi connectivity index (χ3n) is 2.64. The molecule has 1 heterocycles. The van der Waals surface area contributed by atoms with E-state index in [0.717, 1.165) is 20.5 Å². The highest BCUT2D eigenvalue weighted by molar-refractivity contribution is 9.10. The quantitative estimate of drug-likeness (QED) is 0.760. The monoisotopic (exact) mass is 308 g/mol. The van der Waals surface area contributed by atoms with Gasteiger partial charge in [-0.2, -0.15) is 0 Å². The summed E-state index contributed by atoms with van der Waals surface area (Å²) in [5, 5.41) is 2.00. The Kier molecular flexibility index (Phi) is 3.79. The van der Waals surface area contributed by atoms with E-state index in [1.807, 2.05) is 37.4 Å². The van der Waals surface area contributed by atoms with E-state index in [9.17, 15) is 4.79 Å². The van der Waals surface area contributed by atoms with Crippen LogP contribution in [0.4, 0.5) is 0 Å². The molecule has 17 heavy (non-hydrogen) atoms. The molecule has 2 aromatic rings. The Morgan fingerprint density at radius 2 is 2.06 bits per heavy atom. The van der Waals surface area contributed by atoms with Gasteiger partial charge in [-0.3, -0.25) is 4.79 Å². The number of hydrogen-bond donors (Lipinski definition) is 0. The molecule has 1 nitrogen and oxygen atoms in total. The first-order valence-electron chi connectivity index (χ1n) is 5.39. The lowest BCUT2D eigenvalue weighted by Gasteiger charge is -2.05. The van der Waals surface area contributed by atoms with Crippen molar-refractivity contribution < 1.29 is 4.79 Å². The van der Waals surface area contributed by atoms with Crippen LogP contribution in [0.5, 0.6) is 0 Å². The summed E-state index contributed by atoms with van der Waals surface area (Å²) in [6, 6.07) is 7.98. The van der Waals surface area contributed by atoms with Crippen molar-refractivity contribution in [3.63, 3.8) is 0 Å². The van der Waals surface area contributed by atoms with E-state index in [4.69, 9.17) is 0 Å². The van der Waals surface area contributed by atoms with Gasteiger partial charge in [0.1, 0.15) is 0 Å². The van der Waals surface area contributed by atoms with Crippen LogP contribution in [0.1, 0.15) is 26.4 Å². The summed E-state index contributed by atoms with van der Waals surface area (Å²) in [5.41, 5.74) is 3.09. The molecule has 0 atom stereocenters. The van der Waals surface area contributed by atoms with E-state index >= 15 is 0 Å². The minimum atomic E-state index is 0.192. The number of carbonyl (C=O) groups excluding carboxylic acids is 1. The van der Waals surface area contributed by atoms with Gasteiger partial charge in [0.05, 0.1) is 0 Å². The smallest absolute Gasteiger partial charge is 0.168 e. The Hall–Kier alpha value is -0.930. The van der Waals surface area contributed by atoms with Crippen LogP contribution in [0.2, 0.25) is 0 Å². The zero-order valence-corrected chi connectivity index (χ0v) is 12.2. The molecule has 0 saturated carbocycles. The van der Waals surface area contributed by atoms with Gasteiger partial charge in [0.25, 0.3) is 0 Å². The second-order valence-electron chi connectivity index (χ2n) is 4.15. The molecular formula is C14H13BrOS. The highest BCUT2D eigenvalue weighted by atomic mass is 79.9. The normalized spacial score (nSPS) is 10.5. The van der Waals surface area contributed by atoms with Crippen molar-refractivity contribution >= 4 is 33.0 Å². The zero-order valence-electron chi connectivity index (χ0n) is 9.79. The van der Waals surface area contributed by atoms with Crippen molar-refractivity contribution in [1.82, 2.24) is 0 Å². The number of ketones is 1. The SMILES string of the molecule is Cc1ccc(C(=O)Cc2cc(Br)cs2)c(C)c1. The Balaban J connectivity index is 2.20. The van der Waals surface area contributed by atoms with Crippen molar-refractivity contribution in [1.29, 1.82) is 0 Å². The number of hydrogen-bond acceptors (Lipinski definition) is 2. The maximum absolute atomic E-state index is 12.1. The third kappa shape index (κ3) is 3.05. The fourth-order valence-electron chi connectivity index (χ4n) is 1.83. The highest BCUT2D eigenvalue weighted by Crippen LogP contribution is 2.22. The second-order valence-corrected chi connectivity index (χ2v) is 6.06. The topological polar surface area (TPSA) is 17.1 Å². The molecule has 0 amide bonds. The van der Waals surface area contributed by atoms with Crippen LogP contribution in [0.15, 0.2) is 34.1 Å². The molecule has 2 rings (SSSR count). The number of rotatable bonds is 3. The molecule has 0 unspecified atom stereocenters. The molecule has 0 N–H and O–H groups in total. The number of thiophene rings is 1. The summed E-state index contributed by atoms with van der Waals surface area (Å²) >= 11 is 5.02. The van der Waals surface area contributed by atoms with Crippen molar-refractivity contribution in [2.75, 3.05) is 0 Å². The van der Waals surface area contributed by atoms with Crippen molar-refractivity contribution in [2.45, 2.75) is 20.3 Å². The molecule has 1 aromatic heterocycles. The fourth-order valence-corrected chi connectivity index (χ4v) is 3.28. The molecule has 0 aliphatic rings. The van der Waals surface area contributed by atoms with E-state index in [0.29, 0.717) is 6.42 Å². The van der Waals surface area contributed by atoms with Crippen molar-refractivity contribution in [3.05, 3.63) is 55.7 Å². The summed E-state index contributed by atoms with van der Waals surface area (Å²) in [5.74, 6) is 0.192. The van der Waals surface area contributed by atoms with Gasteiger partial charge in [-0.05, 0) is 41.4 Å².